The number of alkyl halides is 3. The Morgan fingerprint density at radius 1 is 1.04 bits per heavy atom. The van der Waals surface area contributed by atoms with E-state index in [0.29, 0.717) is 25.1 Å². The molecule has 2 aliphatic heterocycles. The van der Waals surface area contributed by atoms with Gasteiger partial charge in [0, 0.05) is 19.1 Å². The van der Waals surface area contributed by atoms with Crippen LogP contribution in [0.5, 0.6) is 0 Å². The predicted octanol–water partition coefficient (Wildman–Crippen LogP) is 3.84. The maximum atomic E-state index is 13.4. The van der Waals surface area contributed by atoms with Gasteiger partial charge in [0.2, 0.25) is 0 Å². The summed E-state index contributed by atoms with van der Waals surface area (Å²) in [6, 6.07) is 13.2. The maximum absolute atomic E-state index is 13.4. The van der Waals surface area contributed by atoms with Crippen molar-refractivity contribution < 1.29 is 18.0 Å². The number of amides is 1. The van der Waals surface area contributed by atoms with E-state index in [1.165, 1.54) is 6.07 Å². The number of fused-ring (bicyclic) bond motifs is 3. The van der Waals surface area contributed by atoms with Gasteiger partial charge in [-0.15, -0.1) is 12.4 Å². The number of benzene rings is 2. The molecule has 4 rings (SSSR count). The third-order valence-electron chi connectivity index (χ3n) is 4.97. The van der Waals surface area contributed by atoms with Crippen molar-refractivity contribution in [2.24, 2.45) is 0 Å². The molecule has 0 aromatic heterocycles. The number of carbonyl (C=O) groups excluding carboxylic acids is 1. The Morgan fingerprint density at radius 3 is 2.46 bits per heavy atom. The van der Waals surface area contributed by atoms with E-state index in [9.17, 15) is 18.0 Å². The van der Waals surface area contributed by atoms with E-state index in [0.717, 1.165) is 11.6 Å². The van der Waals surface area contributed by atoms with E-state index in [1.54, 1.807) is 11.0 Å². The molecule has 2 aromatic rings. The van der Waals surface area contributed by atoms with Crippen molar-refractivity contribution in [1.29, 1.82) is 0 Å². The molecule has 3 nitrogen and oxygen atoms in total. The van der Waals surface area contributed by atoms with Gasteiger partial charge in [0.25, 0.3) is 5.91 Å². The summed E-state index contributed by atoms with van der Waals surface area (Å²) in [5, 5.41) is 3.27. The van der Waals surface area contributed by atoms with E-state index in [2.05, 4.69) is 5.32 Å². The van der Waals surface area contributed by atoms with Gasteiger partial charge in [-0.3, -0.25) is 4.79 Å². The first-order valence-electron chi connectivity index (χ1n) is 8.24. The van der Waals surface area contributed by atoms with Gasteiger partial charge in [0.05, 0.1) is 17.2 Å². The number of halogens is 4. The molecule has 1 N–H and O–H groups in total. The van der Waals surface area contributed by atoms with Gasteiger partial charge in [0.1, 0.15) is 0 Å². The van der Waals surface area contributed by atoms with Crippen LogP contribution in [0.3, 0.4) is 0 Å². The van der Waals surface area contributed by atoms with Crippen LogP contribution in [-0.4, -0.2) is 29.9 Å². The fourth-order valence-electron chi connectivity index (χ4n) is 3.91. The van der Waals surface area contributed by atoms with E-state index in [1.807, 2.05) is 30.3 Å². The van der Waals surface area contributed by atoms with Gasteiger partial charge >= 0.3 is 6.18 Å². The number of piperazine rings is 1. The van der Waals surface area contributed by atoms with Gasteiger partial charge in [0.15, 0.2) is 0 Å². The van der Waals surface area contributed by atoms with Gasteiger partial charge in [-0.25, -0.2) is 0 Å². The standard InChI is InChI=1S/C19H17F3N2O.ClH/c20-19(21,22)15-8-4-7-14-16-11-23-10-13(24(16)18(25)17(14)15)9-12-5-2-1-3-6-12;/h1-8,13,16,23H,9-11H2;1H/t13-,16+;/m0./s1. The number of rotatable bonds is 2. The number of carbonyl (C=O) groups is 1. The maximum Gasteiger partial charge on any atom is 0.417 e. The Kier molecular flexibility index (Phi) is 4.99. The molecule has 2 heterocycles. The van der Waals surface area contributed by atoms with Gasteiger partial charge in [-0.05, 0) is 23.6 Å². The van der Waals surface area contributed by atoms with Gasteiger partial charge in [-0.1, -0.05) is 42.5 Å². The highest BCUT2D eigenvalue weighted by molar-refractivity contribution is 6.01. The number of nitrogens with one attached hydrogen (secondary N) is 1. The third-order valence-corrected chi connectivity index (χ3v) is 4.97. The molecule has 1 saturated heterocycles. The largest absolute Gasteiger partial charge is 0.417 e. The Balaban J connectivity index is 0.00000196. The van der Waals surface area contributed by atoms with Crippen molar-refractivity contribution in [3.63, 3.8) is 0 Å². The highest BCUT2D eigenvalue weighted by Gasteiger charge is 2.47. The summed E-state index contributed by atoms with van der Waals surface area (Å²) in [6.45, 7) is 1.05. The molecular weight excluding hydrogens is 365 g/mol. The lowest BCUT2D eigenvalue weighted by Gasteiger charge is -2.38. The molecule has 26 heavy (non-hydrogen) atoms. The molecule has 0 unspecified atom stereocenters. The third kappa shape index (κ3) is 3.08. The van der Waals surface area contributed by atoms with Crippen LogP contribution in [0.25, 0.3) is 0 Å². The van der Waals surface area contributed by atoms with Crippen LogP contribution in [0, 0.1) is 0 Å². The average Bonchev–Trinajstić information content (AvgIpc) is 2.89. The SMILES string of the molecule is Cl.O=C1c2c(cccc2C(F)(F)F)[C@H]2CNC[C@H](Cc3ccccc3)N12. The van der Waals surface area contributed by atoms with Crippen LogP contribution in [0.4, 0.5) is 13.2 Å². The van der Waals surface area contributed by atoms with Crippen molar-refractivity contribution >= 4 is 18.3 Å². The second kappa shape index (κ2) is 6.93. The molecule has 0 aliphatic carbocycles. The van der Waals surface area contributed by atoms with Crippen LogP contribution in [0.2, 0.25) is 0 Å². The summed E-state index contributed by atoms with van der Waals surface area (Å²) < 4.78 is 40.1. The predicted molar refractivity (Wildman–Crippen MR) is 94.4 cm³/mol. The zero-order valence-corrected chi connectivity index (χ0v) is 14.6. The minimum absolute atomic E-state index is 0. The molecular formula is C19H18ClF3N2O. The van der Waals surface area contributed by atoms with Crippen molar-refractivity contribution in [2.75, 3.05) is 13.1 Å². The molecule has 0 saturated carbocycles. The monoisotopic (exact) mass is 382 g/mol. The molecule has 0 radical (unpaired) electrons. The molecule has 0 spiro atoms. The molecule has 1 amide bonds. The Hall–Kier alpha value is -2.05. The van der Waals surface area contributed by atoms with Crippen molar-refractivity contribution in [3.8, 4) is 0 Å². The highest BCUT2D eigenvalue weighted by Crippen LogP contribution is 2.43. The minimum Gasteiger partial charge on any atom is -0.326 e. The lowest BCUT2D eigenvalue weighted by molar-refractivity contribution is -0.137. The summed E-state index contributed by atoms with van der Waals surface area (Å²) >= 11 is 0. The molecule has 0 bridgehead atoms. The smallest absolute Gasteiger partial charge is 0.326 e. The fraction of sp³-hybridized carbons (Fsp3) is 0.316. The molecule has 2 aliphatic rings. The normalized spacial score (nSPS) is 21.8. The number of nitrogens with zero attached hydrogens (tertiary/aromatic N) is 1. The Morgan fingerprint density at radius 2 is 1.77 bits per heavy atom. The minimum atomic E-state index is -4.53. The molecule has 7 heteroatoms. The first kappa shape index (κ1) is 18.7. The van der Waals surface area contributed by atoms with Crippen molar-refractivity contribution in [2.45, 2.75) is 24.7 Å². The van der Waals surface area contributed by atoms with Crippen LogP contribution >= 0.6 is 12.4 Å². The van der Waals surface area contributed by atoms with E-state index < -0.39 is 17.6 Å². The quantitative estimate of drug-likeness (QED) is 0.856. The Labute approximate surface area is 155 Å². The second-order valence-corrected chi connectivity index (χ2v) is 6.50. The first-order chi connectivity index (χ1) is 12.0. The van der Waals surface area contributed by atoms with Crippen LogP contribution in [-0.2, 0) is 12.6 Å². The van der Waals surface area contributed by atoms with Crippen molar-refractivity contribution in [1.82, 2.24) is 10.2 Å². The average molecular weight is 383 g/mol. The fourth-order valence-corrected chi connectivity index (χ4v) is 3.91. The summed E-state index contributed by atoms with van der Waals surface area (Å²) in [7, 11) is 0. The van der Waals surface area contributed by atoms with Crippen molar-refractivity contribution in [3.05, 3.63) is 70.8 Å². The summed E-state index contributed by atoms with van der Waals surface area (Å²) in [5.41, 5.74) is 0.532. The van der Waals surface area contributed by atoms with E-state index in [4.69, 9.17) is 0 Å². The van der Waals surface area contributed by atoms with Gasteiger partial charge < -0.3 is 10.2 Å². The van der Waals surface area contributed by atoms with Gasteiger partial charge in [-0.2, -0.15) is 13.2 Å². The van der Waals surface area contributed by atoms with E-state index in [-0.39, 0.29) is 30.1 Å². The van der Waals surface area contributed by atoms with Crippen LogP contribution in [0.1, 0.15) is 33.1 Å². The second-order valence-electron chi connectivity index (χ2n) is 6.50. The summed E-state index contributed by atoms with van der Waals surface area (Å²) in [5.74, 6) is -0.504. The lowest BCUT2D eigenvalue weighted by Crippen LogP contribution is -2.53. The number of hydrogen-bond donors (Lipinski definition) is 1. The summed E-state index contributed by atoms with van der Waals surface area (Å²) in [6.07, 6.45) is -3.91. The van der Waals surface area contributed by atoms with Crippen LogP contribution in [0.15, 0.2) is 48.5 Å². The highest BCUT2D eigenvalue weighted by atomic mass is 35.5. The molecule has 138 valence electrons. The first-order valence-corrected chi connectivity index (χ1v) is 8.24. The Bertz CT molecular complexity index is 810. The molecule has 2 atom stereocenters. The zero-order chi connectivity index (χ0) is 17.6. The molecule has 2 aromatic carbocycles. The topological polar surface area (TPSA) is 32.3 Å². The molecule has 1 fully saturated rings. The van der Waals surface area contributed by atoms with Crippen LogP contribution < -0.4 is 5.32 Å². The zero-order valence-electron chi connectivity index (χ0n) is 13.8. The van der Waals surface area contributed by atoms with E-state index >= 15 is 0 Å². The summed E-state index contributed by atoms with van der Waals surface area (Å²) in [4.78, 5) is 14.5. The lowest BCUT2D eigenvalue weighted by atomic mass is 9.97. The number of hydrogen-bond acceptors (Lipinski definition) is 2.